The van der Waals surface area contributed by atoms with Crippen LogP contribution in [0.25, 0.3) is 0 Å². The van der Waals surface area contributed by atoms with Gasteiger partial charge >= 0.3 is 6.18 Å². The maximum atomic E-state index is 11.5. The summed E-state index contributed by atoms with van der Waals surface area (Å²) in [5, 5.41) is 45.9. The highest BCUT2D eigenvalue weighted by Gasteiger charge is 2.41. The van der Waals surface area contributed by atoms with E-state index in [1.54, 1.807) is 0 Å². The van der Waals surface area contributed by atoms with Crippen molar-refractivity contribution in [1.29, 1.82) is 0 Å². The fourth-order valence-electron chi connectivity index (χ4n) is 15.2. The summed E-state index contributed by atoms with van der Waals surface area (Å²) in [6, 6.07) is 3.06. The molecule has 1 spiro atoms. The van der Waals surface area contributed by atoms with Crippen LogP contribution < -0.4 is 5.32 Å². The Hall–Kier alpha value is -2.84. The molecule has 22 nitrogen and oxygen atoms in total. The number of piperazine rings is 1. The molecule has 1 aromatic heterocycles. The van der Waals surface area contributed by atoms with Crippen LogP contribution in [0.4, 0.5) is 22.0 Å². The predicted octanol–water partition coefficient (Wildman–Crippen LogP) is 24.9. The van der Waals surface area contributed by atoms with Gasteiger partial charge in [-0.3, -0.25) is 29.4 Å². The normalized spacial score (nSPS) is 21.3. The number of amides is 2. The second kappa shape index (κ2) is 85.5. The standard InChI is InChI=1S/C10H19NO2.C10H20O.C9H17NO2.C9H19NO.C9H19N.C9H18O.C8H17NO.C7H14N2O.C7H15NO.C6H10N2.C6H12.C6H14.C5H13N.C4H7F3.C4H8F2.C4H10O.C4H10/c1-9(2)11-5-3-10(4-6-11)12-7-8-13-10;1-8(2)9-4-6-10(3,11)7-5-9;1-8(2)7-9(11)10-3-5-12-6-4-10;1-8(2)10-6-4-9(3,11)5-7-10;1-8(2)9-4-6-10(3)7-5-9;2*1-8(2)7-9-3-5-10-6-4-9;1-6(2)9-4-3-8-7(10)5-9;1-6(2)8-4-3-7(9)5-8;1-5(2)6-3-7-8-4-6;1-5(2)6-3-4-6;2*1-5(2)6(3)4;1-3(2)4(5,6)7;1-3(2)4(5)6;1-4(2)3-5;1-4(2)3/h9H,3-8H2,1-2H3;8-9,11H,4-7H2,1-3H3;8H,3-7H2,1-2H3;8,11H,4-7H2,1-3H3;8-9H,4-7H2,1-3H3;8-9H,3-7H2,1-2H3;8H,3-7H2,1-2H3;6H,3-5H2,1-2H3,(H,8,10);6-7,9H,3-5H2,1-2H3;3-5H,1-2H3,(H,7,8);5-6H,3-4H2,1-2H3;5-6H,1-4H3;5H,1-4H3;3H,1-2H3;3-4H,1-2H3;4-5H,3H2,1-2H3;4H,1-3H3. The third-order valence-electron chi connectivity index (χ3n) is 27.6. The molecule has 9 saturated heterocycles. The molecular weight excluding hydrogens is 1830 g/mol. The number of likely N-dealkylation sites (tertiary alicyclic amines) is 4. The van der Waals surface area contributed by atoms with Crippen LogP contribution in [0.5, 0.6) is 0 Å². The zero-order valence-electron chi connectivity index (χ0n) is 102. The van der Waals surface area contributed by atoms with Gasteiger partial charge < -0.3 is 73.9 Å². The predicted molar refractivity (Wildman–Crippen MR) is 602 cm³/mol. The molecule has 1 aromatic rings. The molecule has 6 N–H and O–H groups in total. The Morgan fingerprint density at radius 2 is 0.868 bits per heavy atom. The number of rotatable bonds is 18. The van der Waals surface area contributed by atoms with Crippen molar-refractivity contribution in [3.05, 3.63) is 18.0 Å². The summed E-state index contributed by atoms with van der Waals surface area (Å²) in [7, 11) is 6.37. The molecule has 0 radical (unpaired) electrons. The summed E-state index contributed by atoms with van der Waals surface area (Å²) < 4.78 is 82.9. The Labute approximate surface area is 886 Å². The number of aromatic amines is 1. The summed E-state index contributed by atoms with van der Waals surface area (Å²) in [5.74, 6) is 10.8. The van der Waals surface area contributed by atoms with Crippen molar-refractivity contribution in [2.24, 2.45) is 94.7 Å². The second-order valence-electron chi connectivity index (χ2n) is 49.3. The van der Waals surface area contributed by atoms with Gasteiger partial charge in [0.05, 0.1) is 69.7 Å². The molecule has 1 unspecified atom stereocenters. The molecule has 9 aliphatic heterocycles. The van der Waals surface area contributed by atoms with Gasteiger partial charge in [-0.15, -0.1) is 0 Å². The van der Waals surface area contributed by atoms with Crippen molar-refractivity contribution in [2.45, 2.75) is 451 Å². The number of nitrogens with zero attached hydrogens (tertiary/aromatic N) is 9. The summed E-state index contributed by atoms with van der Waals surface area (Å²) >= 11 is 0. The Morgan fingerprint density at radius 3 is 1.15 bits per heavy atom. The number of morpholine rings is 2. The van der Waals surface area contributed by atoms with E-state index in [-0.39, 0.29) is 29.3 Å². The van der Waals surface area contributed by atoms with Gasteiger partial charge in [0.15, 0.2) is 5.79 Å². The second-order valence-corrected chi connectivity index (χ2v) is 49.3. The monoisotopic (exact) mass is 2070 g/mol. The zero-order chi connectivity index (χ0) is 112. The number of nitrogens with one attached hydrogen (secondary N) is 2. The lowest BCUT2D eigenvalue weighted by atomic mass is 9.75. The lowest BCUT2D eigenvalue weighted by Gasteiger charge is -2.39. The summed E-state index contributed by atoms with van der Waals surface area (Å²) in [5.41, 5.74) is 0.515. The van der Waals surface area contributed by atoms with Crippen molar-refractivity contribution in [3.63, 3.8) is 0 Å². The van der Waals surface area contributed by atoms with Crippen molar-refractivity contribution < 1.29 is 75.7 Å². The van der Waals surface area contributed by atoms with E-state index < -0.39 is 30.0 Å². The number of H-pyrrole nitrogens is 1. The van der Waals surface area contributed by atoms with Gasteiger partial charge in [0.25, 0.3) is 0 Å². The Bertz CT molecular complexity index is 2850. The largest absolute Gasteiger partial charge is 0.396 e. The van der Waals surface area contributed by atoms with Crippen LogP contribution in [-0.2, 0) is 33.3 Å². The Morgan fingerprint density at radius 1 is 0.486 bits per heavy atom. The minimum absolute atomic E-state index is 0.0626. The Balaban J connectivity index is -0.000000479. The number of ether oxygens (including phenoxy) is 5. The minimum Gasteiger partial charge on any atom is -0.396 e. The van der Waals surface area contributed by atoms with Crippen molar-refractivity contribution in [1.82, 2.24) is 54.7 Å². The smallest absolute Gasteiger partial charge is 0.391 e. The number of hydrogen-bond acceptors (Lipinski definition) is 19. The van der Waals surface area contributed by atoms with Gasteiger partial charge in [0, 0.05) is 172 Å². The molecule has 27 heteroatoms. The molecule has 2 saturated carbocycles. The first-order valence-corrected chi connectivity index (χ1v) is 57.3. The van der Waals surface area contributed by atoms with Gasteiger partial charge in [0.1, 0.15) is 0 Å². The topological polar surface area (TPSA) is 228 Å². The first-order valence-electron chi connectivity index (χ1n) is 57.3. The van der Waals surface area contributed by atoms with Crippen LogP contribution in [0.15, 0.2) is 12.4 Å². The average molecular weight is 2070 g/mol. The van der Waals surface area contributed by atoms with E-state index in [0.717, 1.165) is 248 Å². The fourth-order valence-corrected chi connectivity index (χ4v) is 15.2. The average Bonchev–Trinajstić information content (AvgIpc) is 1.70. The van der Waals surface area contributed by atoms with Crippen LogP contribution in [0.2, 0.25) is 0 Å². The van der Waals surface area contributed by atoms with Gasteiger partial charge in [-0.2, -0.15) is 18.3 Å². The van der Waals surface area contributed by atoms with Gasteiger partial charge in [0.2, 0.25) is 18.2 Å². The zero-order valence-corrected chi connectivity index (χ0v) is 102. The minimum atomic E-state index is -4.00. The van der Waals surface area contributed by atoms with E-state index in [2.05, 4.69) is 286 Å². The number of piperidine rings is 3. The number of halogens is 5. The van der Waals surface area contributed by atoms with Crippen LogP contribution in [0.3, 0.4) is 0 Å². The number of β-amino-alcohol motifs (C(OH)–C–C–N with tert-alkyl or cyclic N) is 1. The van der Waals surface area contributed by atoms with Crippen LogP contribution in [-0.4, -0.2) is 333 Å². The van der Waals surface area contributed by atoms with Crippen LogP contribution >= 0.6 is 0 Å². The molecule has 2 aliphatic carbocycles. The first-order chi connectivity index (χ1) is 66.6. The molecule has 866 valence electrons. The fraction of sp³-hybridized carbons (Fsp3) is 0.957. The van der Waals surface area contributed by atoms with E-state index in [1.165, 1.54) is 96.8 Å². The van der Waals surface area contributed by atoms with Gasteiger partial charge in [-0.1, -0.05) is 187 Å². The molecule has 10 heterocycles. The highest BCUT2D eigenvalue weighted by atomic mass is 19.4. The SMILES string of the molecule is CC(C)C.CC(C)C(C)C.CC(C)C(F)(F)F.CC(C)C(F)F.CC(C)C1CC1.CC(C)C1CCC(C)(O)CC1.CC(C)C1CCN(C)CC1.CC(C)CC(=O)N1CCOCC1.CC(C)CC1CCOCC1.CC(C)CN1CCOCC1.CC(C)CO.CC(C)N(C)C.CC(C)N1CCC(C)(O)CC1.CC(C)N1CCC(O)C1.CC(C)N1CCC2(CC1)OCCO2.CC(C)N1CCNC(=O)C1.CC(C)c1cn[nH]c1. The summed E-state index contributed by atoms with van der Waals surface area (Å²) in [4.78, 5) is 40.6. The van der Waals surface area contributed by atoms with Crippen molar-refractivity contribution in [2.75, 3.05) is 185 Å². The quantitative estimate of drug-likeness (QED) is 0.0751. The third-order valence-corrected chi connectivity index (χ3v) is 27.6. The maximum absolute atomic E-state index is 11.5. The lowest BCUT2D eigenvalue weighted by Crippen LogP contribution is -2.50. The van der Waals surface area contributed by atoms with E-state index in [0.29, 0.717) is 80.7 Å². The maximum Gasteiger partial charge on any atom is 0.391 e. The van der Waals surface area contributed by atoms with Gasteiger partial charge in [-0.05, 0) is 302 Å². The molecule has 11 aliphatic rings. The van der Waals surface area contributed by atoms with Crippen molar-refractivity contribution >= 4 is 11.8 Å². The molecule has 2 amide bonds. The molecule has 11 fully saturated rings. The summed E-state index contributed by atoms with van der Waals surface area (Å²) in [6.07, 6.45) is 17.3. The lowest BCUT2D eigenvalue weighted by molar-refractivity contribution is -0.187. The highest BCUT2D eigenvalue weighted by Crippen LogP contribution is 2.37. The molecule has 0 bridgehead atoms. The molecule has 1 atom stereocenters. The number of carbonyl (C=O) groups is 2. The number of aromatic nitrogens is 2. The number of alkyl halides is 5. The highest BCUT2D eigenvalue weighted by molar-refractivity contribution is 5.78. The van der Waals surface area contributed by atoms with E-state index in [9.17, 15) is 41.8 Å². The third kappa shape index (κ3) is 88.6. The number of hydrogen-bond donors (Lipinski definition) is 6. The molecule has 0 aromatic carbocycles. The molecule has 12 rings (SSSR count). The Kier molecular flexibility index (Phi) is 88.8. The van der Waals surface area contributed by atoms with E-state index in [1.807, 2.05) is 45.0 Å². The summed E-state index contributed by atoms with van der Waals surface area (Å²) in [6.45, 7) is 105. The number of carbonyl (C=O) groups excluding carboxylic acids is 2. The van der Waals surface area contributed by atoms with Crippen LogP contribution in [0.1, 0.15) is 391 Å². The molecular formula is C117H242F5N11O11. The van der Waals surface area contributed by atoms with E-state index >= 15 is 0 Å². The van der Waals surface area contributed by atoms with Crippen LogP contribution in [0, 0.1) is 94.7 Å². The van der Waals surface area contributed by atoms with E-state index in [4.69, 9.17) is 33.9 Å². The number of aliphatic hydroxyl groups is 4. The van der Waals surface area contributed by atoms with Gasteiger partial charge in [-0.25, -0.2) is 8.78 Å². The number of aliphatic hydroxyl groups excluding tert-OH is 2. The first kappa shape index (κ1) is 150. The molecule has 144 heavy (non-hydrogen) atoms. The van der Waals surface area contributed by atoms with Crippen molar-refractivity contribution in [3.8, 4) is 0 Å².